The lowest BCUT2D eigenvalue weighted by Crippen LogP contribution is -2.22. The lowest BCUT2D eigenvalue weighted by Gasteiger charge is -2.07. The second kappa shape index (κ2) is 9.76. The molecule has 0 aliphatic heterocycles. The van der Waals surface area contributed by atoms with Gasteiger partial charge < -0.3 is 9.88 Å². The Labute approximate surface area is 207 Å². The van der Waals surface area contributed by atoms with Crippen LogP contribution in [0, 0.1) is 0 Å². The number of nitrogens with zero attached hydrogens (tertiary/aromatic N) is 4. The summed E-state index contributed by atoms with van der Waals surface area (Å²) in [5, 5.41) is 11.4. The maximum atomic E-state index is 13.3. The number of halogens is 1. The van der Waals surface area contributed by atoms with Crippen molar-refractivity contribution in [1.29, 1.82) is 0 Å². The van der Waals surface area contributed by atoms with Crippen molar-refractivity contribution >= 4 is 46.0 Å². The van der Waals surface area contributed by atoms with Gasteiger partial charge in [-0.15, -0.1) is 11.3 Å². The fraction of sp³-hybridized carbons (Fsp3) is 0.0833. The van der Waals surface area contributed by atoms with Crippen LogP contribution in [0.15, 0.2) is 82.7 Å². The van der Waals surface area contributed by atoms with Crippen molar-refractivity contribution in [3.05, 3.63) is 109 Å². The van der Waals surface area contributed by atoms with Gasteiger partial charge in [0.25, 0.3) is 11.5 Å². The second-order valence-electron chi connectivity index (χ2n) is 7.41. The molecule has 170 valence electrons. The van der Waals surface area contributed by atoms with Crippen molar-refractivity contribution in [2.75, 3.05) is 5.32 Å². The van der Waals surface area contributed by atoms with Crippen LogP contribution in [-0.4, -0.2) is 25.2 Å². The molecule has 5 aromatic heterocycles. The third-order valence-corrected chi connectivity index (χ3v) is 7.06. The SMILES string of the molecule is O=C(c1ccsc1)n1nc(-c2cccn(Cc3ccncc3)c2=O)cc1NCc1ccc(Cl)s1. The first kappa shape index (κ1) is 22.3. The summed E-state index contributed by atoms with van der Waals surface area (Å²) in [4.78, 5) is 31.4. The molecule has 0 aliphatic rings. The summed E-state index contributed by atoms with van der Waals surface area (Å²) in [7, 11) is 0. The average Bonchev–Trinajstić information content (AvgIpc) is 3.61. The predicted molar refractivity (Wildman–Crippen MR) is 136 cm³/mol. The highest BCUT2D eigenvalue weighted by Crippen LogP contribution is 2.25. The van der Waals surface area contributed by atoms with E-state index in [4.69, 9.17) is 11.6 Å². The molecule has 0 radical (unpaired) electrons. The van der Waals surface area contributed by atoms with Crippen LogP contribution in [0.1, 0.15) is 20.8 Å². The van der Waals surface area contributed by atoms with Gasteiger partial charge in [-0.3, -0.25) is 14.6 Å². The van der Waals surface area contributed by atoms with Crippen molar-refractivity contribution in [3.8, 4) is 11.3 Å². The topological polar surface area (TPSA) is 81.8 Å². The zero-order valence-corrected chi connectivity index (χ0v) is 20.1. The molecule has 0 atom stereocenters. The molecule has 0 bridgehead atoms. The Kier molecular flexibility index (Phi) is 6.39. The monoisotopic (exact) mass is 507 g/mol. The molecule has 0 amide bonds. The summed E-state index contributed by atoms with van der Waals surface area (Å²) < 4.78 is 3.62. The van der Waals surface area contributed by atoms with Crippen molar-refractivity contribution in [2.24, 2.45) is 0 Å². The van der Waals surface area contributed by atoms with Crippen LogP contribution in [0.2, 0.25) is 4.34 Å². The lowest BCUT2D eigenvalue weighted by molar-refractivity contribution is 0.0948. The van der Waals surface area contributed by atoms with Gasteiger partial charge in [-0.05, 0) is 53.4 Å². The number of pyridine rings is 2. The largest absolute Gasteiger partial charge is 0.365 e. The van der Waals surface area contributed by atoms with Gasteiger partial charge in [0, 0.05) is 34.9 Å². The van der Waals surface area contributed by atoms with Crippen LogP contribution in [0.25, 0.3) is 11.3 Å². The summed E-state index contributed by atoms with van der Waals surface area (Å²) >= 11 is 8.94. The van der Waals surface area contributed by atoms with Gasteiger partial charge in [0.1, 0.15) is 11.5 Å². The highest BCUT2D eigenvalue weighted by Gasteiger charge is 2.19. The van der Waals surface area contributed by atoms with E-state index in [0.29, 0.717) is 40.1 Å². The van der Waals surface area contributed by atoms with E-state index < -0.39 is 0 Å². The molecule has 0 aromatic carbocycles. The second-order valence-corrected chi connectivity index (χ2v) is 9.99. The molecule has 7 nitrogen and oxygen atoms in total. The van der Waals surface area contributed by atoms with Crippen molar-refractivity contribution in [2.45, 2.75) is 13.1 Å². The fourth-order valence-corrected chi connectivity index (χ4v) is 5.12. The van der Waals surface area contributed by atoms with Gasteiger partial charge in [-0.1, -0.05) is 11.6 Å². The number of carbonyl (C=O) groups excluding carboxylic acids is 1. The molecule has 5 rings (SSSR count). The Balaban J connectivity index is 1.51. The molecular formula is C24H18ClN5O2S2. The molecule has 0 unspecified atom stereocenters. The molecule has 0 fully saturated rings. The summed E-state index contributed by atoms with van der Waals surface area (Å²) in [5.74, 6) is 0.229. The van der Waals surface area contributed by atoms with Crippen molar-refractivity contribution in [3.63, 3.8) is 0 Å². The third-order valence-electron chi connectivity index (χ3n) is 5.14. The first-order chi connectivity index (χ1) is 16.6. The molecule has 5 aromatic rings. The molecule has 1 N–H and O–H groups in total. The minimum Gasteiger partial charge on any atom is -0.365 e. The van der Waals surface area contributed by atoms with Gasteiger partial charge in [0.05, 0.1) is 28.6 Å². The minimum atomic E-state index is -0.271. The molecule has 0 aliphatic carbocycles. The molecule has 0 saturated heterocycles. The van der Waals surface area contributed by atoms with E-state index in [1.54, 1.807) is 52.8 Å². The minimum absolute atomic E-state index is 0.191. The van der Waals surface area contributed by atoms with E-state index in [1.165, 1.54) is 27.4 Å². The van der Waals surface area contributed by atoms with Crippen LogP contribution < -0.4 is 10.9 Å². The number of carbonyl (C=O) groups is 1. The maximum Gasteiger partial charge on any atom is 0.280 e. The average molecular weight is 508 g/mol. The fourth-order valence-electron chi connectivity index (χ4n) is 3.47. The Morgan fingerprint density at radius 1 is 1.12 bits per heavy atom. The highest BCUT2D eigenvalue weighted by atomic mass is 35.5. The smallest absolute Gasteiger partial charge is 0.280 e. The van der Waals surface area contributed by atoms with Gasteiger partial charge in [0.15, 0.2) is 0 Å². The van der Waals surface area contributed by atoms with Crippen LogP contribution >= 0.6 is 34.3 Å². The van der Waals surface area contributed by atoms with E-state index in [1.807, 2.05) is 29.6 Å². The van der Waals surface area contributed by atoms with Gasteiger partial charge in [-0.2, -0.15) is 21.1 Å². The first-order valence-corrected chi connectivity index (χ1v) is 12.5. The number of hydrogen-bond acceptors (Lipinski definition) is 7. The molecular weight excluding hydrogens is 490 g/mol. The van der Waals surface area contributed by atoms with Gasteiger partial charge in [-0.25, -0.2) is 0 Å². The number of anilines is 1. The standard InChI is InChI=1S/C24H18ClN5O2S2/c25-21-4-3-18(34-21)13-27-22-12-20(28-30(22)23(31)17-7-11-33-15-17)19-2-1-10-29(24(19)32)14-16-5-8-26-9-6-16/h1-12,15,27H,13-14H2. The highest BCUT2D eigenvalue weighted by molar-refractivity contribution is 7.16. The van der Waals surface area contributed by atoms with Crippen LogP contribution in [0.5, 0.6) is 0 Å². The molecule has 34 heavy (non-hydrogen) atoms. The van der Waals surface area contributed by atoms with E-state index in [2.05, 4.69) is 15.4 Å². The zero-order valence-electron chi connectivity index (χ0n) is 17.7. The van der Waals surface area contributed by atoms with E-state index in [0.717, 1.165) is 10.4 Å². The van der Waals surface area contributed by atoms with Crippen LogP contribution in [-0.2, 0) is 13.1 Å². The number of aromatic nitrogens is 4. The molecule has 5 heterocycles. The Hall–Kier alpha value is -3.53. The summed E-state index contributed by atoms with van der Waals surface area (Å²) in [6.07, 6.45) is 5.13. The maximum absolute atomic E-state index is 13.3. The van der Waals surface area contributed by atoms with Gasteiger partial charge in [0.2, 0.25) is 0 Å². The normalized spacial score (nSPS) is 11.0. The van der Waals surface area contributed by atoms with Crippen molar-refractivity contribution < 1.29 is 4.79 Å². The molecule has 0 spiro atoms. The van der Waals surface area contributed by atoms with Crippen molar-refractivity contribution in [1.82, 2.24) is 19.3 Å². The molecule has 0 saturated carbocycles. The van der Waals surface area contributed by atoms with Crippen LogP contribution in [0.4, 0.5) is 5.82 Å². The van der Waals surface area contributed by atoms with Crippen LogP contribution in [0.3, 0.4) is 0 Å². The van der Waals surface area contributed by atoms with E-state index >= 15 is 0 Å². The quantitative estimate of drug-likeness (QED) is 0.326. The number of rotatable bonds is 7. The third kappa shape index (κ3) is 4.72. The van der Waals surface area contributed by atoms with Gasteiger partial charge >= 0.3 is 0 Å². The number of hydrogen-bond donors (Lipinski definition) is 1. The Morgan fingerprint density at radius 3 is 2.71 bits per heavy atom. The first-order valence-electron chi connectivity index (χ1n) is 10.3. The van der Waals surface area contributed by atoms with E-state index in [9.17, 15) is 9.59 Å². The summed E-state index contributed by atoms with van der Waals surface area (Å²) in [5.41, 5.74) is 2.14. The summed E-state index contributed by atoms with van der Waals surface area (Å²) in [6.45, 7) is 0.883. The number of nitrogens with one attached hydrogen (secondary N) is 1. The predicted octanol–water partition coefficient (Wildman–Crippen LogP) is 5.23. The zero-order chi connectivity index (χ0) is 23.5. The van der Waals surface area contributed by atoms with E-state index in [-0.39, 0.29) is 11.5 Å². The summed E-state index contributed by atoms with van der Waals surface area (Å²) in [6, 6.07) is 14.5. The lowest BCUT2D eigenvalue weighted by atomic mass is 10.2. The Bertz CT molecular complexity index is 1490. The number of thiophene rings is 2. The molecule has 10 heteroatoms. The Morgan fingerprint density at radius 2 is 1.97 bits per heavy atom.